The number of carbonyl (C=O) groups excluding carboxylic acids is 1. The minimum atomic E-state index is -1.19. The van der Waals surface area contributed by atoms with E-state index in [2.05, 4.69) is 4.74 Å². The van der Waals surface area contributed by atoms with Gasteiger partial charge in [0.05, 0.1) is 6.61 Å². The number of aliphatic hydroxyl groups is 3. The molecule has 2 atom stereocenters. The van der Waals surface area contributed by atoms with E-state index in [-0.39, 0.29) is 6.61 Å². The molecule has 5 nitrogen and oxygen atoms in total. The standard InChI is InChI=1S/C6H12O5/c1-4(8)6(10)11-3-5(9)2-7/h4-5,7-9H,2-3H2,1H3. The SMILES string of the molecule is CC(O)C(=O)OCC(O)CO. The molecule has 11 heavy (non-hydrogen) atoms. The number of rotatable bonds is 4. The van der Waals surface area contributed by atoms with Crippen LogP contribution in [-0.2, 0) is 9.53 Å². The minimum Gasteiger partial charge on any atom is -0.461 e. The van der Waals surface area contributed by atoms with E-state index in [1.165, 1.54) is 6.92 Å². The molecule has 0 bridgehead atoms. The number of hydrogen-bond donors (Lipinski definition) is 3. The van der Waals surface area contributed by atoms with Crippen LogP contribution in [0.4, 0.5) is 0 Å². The average molecular weight is 164 g/mol. The van der Waals surface area contributed by atoms with Gasteiger partial charge in [0, 0.05) is 0 Å². The Morgan fingerprint density at radius 2 is 2.09 bits per heavy atom. The van der Waals surface area contributed by atoms with Crippen molar-refractivity contribution < 1.29 is 24.9 Å². The lowest BCUT2D eigenvalue weighted by molar-refractivity contribution is -0.156. The van der Waals surface area contributed by atoms with E-state index >= 15 is 0 Å². The quantitative estimate of drug-likeness (QED) is 0.429. The Kier molecular flexibility index (Phi) is 4.76. The van der Waals surface area contributed by atoms with Gasteiger partial charge in [-0.1, -0.05) is 0 Å². The Bertz CT molecular complexity index is 122. The molecule has 0 aliphatic carbocycles. The summed E-state index contributed by atoms with van der Waals surface area (Å²) in [5.74, 6) is -0.808. The predicted molar refractivity (Wildman–Crippen MR) is 35.7 cm³/mol. The van der Waals surface area contributed by atoms with Gasteiger partial charge in [0.25, 0.3) is 0 Å². The number of hydrogen-bond acceptors (Lipinski definition) is 5. The summed E-state index contributed by atoms with van der Waals surface area (Å²) in [6.07, 6.45) is -2.27. The molecule has 0 spiro atoms. The summed E-state index contributed by atoms with van der Waals surface area (Å²) in [7, 11) is 0. The molecule has 0 radical (unpaired) electrons. The fourth-order valence-corrected chi connectivity index (χ4v) is 0.352. The molecule has 2 unspecified atom stereocenters. The summed E-state index contributed by atoms with van der Waals surface area (Å²) in [5.41, 5.74) is 0. The van der Waals surface area contributed by atoms with E-state index in [1.807, 2.05) is 0 Å². The van der Waals surface area contributed by atoms with Crippen molar-refractivity contribution in [1.82, 2.24) is 0 Å². The second-order valence-corrected chi connectivity index (χ2v) is 2.14. The first-order valence-corrected chi connectivity index (χ1v) is 3.21. The van der Waals surface area contributed by atoms with Gasteiger partial charge in [-0.2, -0.15) is 0 Å². The van der Waals surface area contributed by atoms with Crippen molar-refractivity contribution in [2.45, 2.75) is 19.1 Å². The number of carbonyl (C=O) groups is 1. The summed E-state index contributed by atoms with van der Waals surface area (Å²) >= 11 is 0. The van der Waals surface area contributed by atoms with Crippen LogP contribution in [0.3, 0.4) is 0 Å². The van der Waals surface area contributed by atoms with Gasteiger partial charge >= 0.3 is 5.97 Å². The van der Waals surface area contributed by atoms with Crippen molar-refractivity contribution in [3.05, 3.63) is 0 Å². The van der Waals surface area contributed by atoms with Crippen LogP contribution >= 0.6 is 0 Å². The van der Waals surface area contributed by atoms with Crippen LogP contribution in [0.15, 0.2) is 0 Å². The molecule has 3 N–H and O–H groups in total. The van der Waals surface area contributed by atoms with Gasteiger partial charge < -0.3 is 20.1 Å². The lowest BCUT2D eigenvalue weighted by Gasteiger charge is -2.09. The second-order valence-electron chi connectivity index (χ2n) is 2.14. The fraction of sp³-hybridized carbons (Fsp3) is 0.833. The second kappa shape index (κ2) is 5.06. The van der Waals surface area contributed by atoms with E-state index in [0.29, 0.717) is 0 Å². The topological polar surface area (TPSA) is 87.0 Å². The van der Waals surface area contributed by atoms with Gasteiger partial charge in [0.1, 0.15) is 18.8 Å². The maximum absolute atomic E-state index is 10.5. The smallest absolute Gasteiger partial charge is 0.334 e. The molecule has 5 heteroatoms. The van der Waals surface area contributed by atoms with Crippen LogP contribution < -0.4 is 0 Å². The summed E-state index contributed by atoms with van der Waals surface area (Å²) in [6, 6.07) is 0. The van der Waals surface area contributed by atoms with E-state index in [1.54, 1.807) is 0 Å². The normalized spacial score (nSPS) is 15.6. The number of aliphatic hydroxyl groups excluding tert-OH is 3. The molecule has 0 aromatic rings. The van der Waals surface area contributed by atoms with Crippen LogP contribution in [0, 0.1) is 0 Å². The zero-order valence-electron chi connectivity index (χ0n) is 6.23. The molecule has 0 saturated heterocycles. The Morgan fingerprint density at radius 3 is 2.45 bits per heavy atom. The van der Waals surface area contributed by atoms with Crippen molar-refractivity contribution >= 4 is 5.97 Å². The Labute approximate surface area is 64.2 Å². The molecule has 0 rings (SSSR count). The van der Waals surface area contributed by atoms with Crippen molar-refractivity contribution in [3.63, 3.8) is 0 Å². The first-order chi connectivity index (χ1) is 5.07. The largest absolute Gasteiger partial charge is 0.461 e. The molecule has 66 valence electrons. The van der Waals surface area contributed by atoms with Gasteiger partial charge in [-0.15, -0.1) is 0 Å². The highest BCUT2D eigenvalue weighted by atomic mass is 16.6. The van der Waals surface area contributed by atoms with Crippen LogP contribution in [-0.4, -0.2) is 46.7 Å². The summed E-state index contributed by atoms with van der Waals surface area (Å²) in [5, 5.41) is 25.6. The monoisotopic (exact) mass is 164 g/mol. The zero-order chi connectivity index (χ0) is 8.85. The molecule has 0 heterocycles. The van der Waals surface area contributed by atoms with Crippen molar-refractivity contribution in [2.75, 3.05) is 13.2 Å². The molecule has 0 amide bonds. The Morgan fingerprint density at radius 1 is 1.55 bits per heavy atom. The lowest BCUT2D eigenvalue weighted by Crippen LogP contribution is -2.26. The fourth-order valence-electron chi connectivity index (χ4n) is 0.352. The minimum absolute atomic E-state index is 0.291. The van der Waals surface area contributed by atoms with Crippen LogP contribution in [0.1, 0.15) is 6.92 Å². The maximum atomic E-state index is 10.5. The summed E-state index contributed by atoms with van der Waals surface area (Å²) in [4.78, 5) is 10.5. The molecule has 0 saturated carbocycles. The molecule has 0 aliphatic heterocycles. The number of ether oxygens (including phenoxy) is 1. The third kappa shape index (κ3) is 4.72. The summed E-state index contributed by atoms with van der Waals surface area (Å²) < 4.78 is 4.36. The van der Waals surface area contributed by atoms with E-state index in [4.69, 9.17) is 15.3 Å². The number of esters is 1. The highest BCUT2D eigenvalue weighted by Gasteiger charge is 2.12. The maximum Gasteiger partial charge on any atom is 0.334 e. The average Bonchev–Trinajstić information content (AvgIpc) is 1.99. The van der Waals surface area contributed by atoms with E-state index < -0.39 is 24.8 Å². The molecular weight excluding hydrogens is 152 g/mol. The molecule has 0 aromatic heterocycles. The molecule has 0 aromatic carbocycles. The van der Waals surface area contributed by atoms with Crippen molar-refractivity contribution in [3.8, 4) is 0 Å². The highest BCUT2D eigenvalue weighted by Crippen LogP contribution is 1.89. The van der Waals surface area contributed by atoms with Gasteiger partial charge in [0.2, 0.25) is 0 Å². The summed E-state index contributed by atoms with van der Waals surface area (Å²) in [6.45, 7) is 0.501. The van der Waals surface area contributed by atoms with E-state index in [9.17, 15) is 4.79 Å². The molecule has 0 aliphatic rings. The third-order valence-corrected chi connectivity index (χ3v) is 0.970. The van der Waals surface area contributed by atoms with Crippen LogP contribution in [0.5, 0.6) is 0 Å². The van der Waals surface area contributed by atoms with Crippen LogP contribution in [0.25, 0.3) is 0 Å². The van der Waals surface area contributed by atoms with Gasteiger partial charge in [0.15, 0.2) is 0 Å². The van der Waals surface area contributed by atoms with E-state index in [0.717, 1.165) is 0 Å². The first-order valence-electron chi connectivity index (χ1n) is 3.21. The Balaban J connectivity index is 3.46. The lowest BCUT2D eigenvalue weighted by atomic mass is 10.4. The molecular formula is C6H12O5. The third-order valence-electron chi connectivity index (χ3n) is 0.970. The van der Waals surface area contributed by atoms with Crippen LogP contribution in [0.2, 0.25) is 0 Å². The predicted octanol–water partition coefficient (Wildman–Crippen LogP) is -1.74. The van der Waals surface area contributed by atoms with Gasteiger partial charge in [-0.05, 0) is 6.92 Å². The van der Waals surface area contributed by atoms with Gasteiger partial charge in [-0.25, -0.2) is 4.79 Å². The highest BCUT2D eigenvalue weighted by molar-refractivity contribution is 5.73. The zero-order valence-corrected chi connectivity index (χ0v) is 6.23. The first kappa shape index (κ1) is 10.3. The van der Waals surface area contributed by atoms with Gasteiger partial charge in [-0.3, -0.25) is 0 Å². The Hall–Kier alpha value is -0.650. The van der Waals surface area contributed by atoms with Crippen molar-refractivity contribution in [2.24, 2.45) is 0 Å². The van der Waals surface area contributed by atoms with Crippen molar-refractivity contribution in [1.29, 1.82) is 0 Å². The molecule has 0 fully saturated rings.